The average molecular weight is 254 g/mol. The van der Waals surface area contributed by atoms with E-state index in [0.717, 1.165) is 38.4 Å². The molecule has 17 heavy (non-hydrogen) atoms. The monoisotopic (exact) mass is 254 g/mol. The molecule has 2 rings (SSSR count). The number of morpholine rings is 1. The number of carbonyl (C=O) groups is 1. The van der Waals surface area contributed by atoms with E-state index in [4.69, 9.17) is 4.74 Å². The van der Waals surface area contributed by atoms with E-state index in [1.807, 2.05) is 18.4 Å². The predicted molar refractivity (Wildman–Crippen MR) is 68.6 cm³/mol. The van der Waals surface area contributed by atoms with Crippen LogP contribution in [0.5, 0.6) is 0 Å². The minimum absolute atomic E-state index is 0.0302. The lowest BCUT2D eigenvalue weighted by Gasteiger charge is -2.26. The van der Waals surface area contributed by atoms with E-state index >= 15 is 0 Å². The molecule has 94 valence electrons. The summed E-state index contributed by atoms with van der Waals surface area (Å²) in [5.74, 6) is 0.0302. The Morgan fingerprint density at radius 3 is 2.94 bits per heavy atom. The third kappa shape index (κ3) is 3.80. The zero-order valence-corrected chi connectivity index (χ0v) is 10.9. The van der Waals surface area contributed by atoms with Crippen molar-refractivity contribution in [3.63, 3.8) is 0 Å². The Morgan fingerprint density at radius 1 is 1.53 bits per heavy atom. The third-order valence-corrected chi connectivity index (χ3v) is 3.67. The van der Waals surface area contributed by atoms with Crippen molar-refractivity contribution in [3.8, 4) is 0 Å². The summed E-state index contributed by atoms with van der Waals surface area (Å²) >= 11 is 1.61. The second kappa shape index (κ2) is 6.14. The van der Waals surface area contributed by atoms with Crippen LogP contribution in [0.4, 0.5) is 0 Å². The van der Waals surface area contributed by atoms with Crippen LogP contribution in [0.25, 0.3) is 0 Å². The smallest absolute Gasteiger partial charge is 0.252 e. The average Bonchev–Trinajstić information content (AvgIpc) is 2.77. The summed E-state index contributed by atoms with van der Waals surface area (Å²) in [6, 6.07) is 1.93. The molecule has 0 bridgehead atoms. The topological polar surface area (TPSA) is 41.6 Å². The van der Waals surface area contributed by atoms with Crippen molar-refractivity contribution in [1.82, 2.24) is 10.2 Å². The Balaban J connectivity index is 1.69. The minimum atomic E-state index is 0.0302. The fourth-order valence-corrected chi connectivity index (χ4v) is 2.50. The lowest BCUT2D eigenvalue weighted by atomic mass is 10.3. The van der Waals surface area contributed by atoms with E-state index in [1.165, 1.54) is 4.88 Å². The molecular formula is C12H18N2O2S. The first-order valence-corrected chi connectivity index (χ1v) is 6.77. The maximum absolute atomic E-state index is 11.8. The number of amides is 1. The van der Waals surface area contributed by atoms with Crippen molar-refractivity contribution >= 4 is 17.2 Å². The fourth-order valence-electron chi connectivity index (χ4n) is 1.82. The Labute approximate surface area is 106 Å². The summed E-state index contributed by atoms with van der Waals surface area (Å²) in [4.78, 5) is 15.2. The molecule has 0 radical (unpaired) electrons. The van der Waals surface area contributed by atoms with E-state index in [-0.39, 0.29) is 5.91 Å². The molecule has 1 fully saturated rings. The Hall–Kier alpha value is -0.910. The van der Waals surface area contributed by atoms with Crippen LogP contribution in [-0.2, 0) is 4.74 Å². The molecule has 0 aromatic carbocycles. The van der Waals surface area contributed by atoms with Gasteiger partial charge in [0.1, 0.15) is 0 Å². The van der Waals surface area contributed by atoms with Crippen molar-refractivity contribution < 1.29 is 9.53 Å². The van der Waals surface area contributed by atoms with E-state index in [1.54, 1.807) is 11.3 Å². The summed E-state index contributed by atoms with van der Waals surface area (Å²) in [5.41, 5.74) is 0.773. The molecule has 0 atom stereocenters. The van der Waals surface area contributed by atoms with Crippen molar-refractivity contribution in [2.45, 2.75) is 6.92 Å². The quantitative estimate of drug-likeness (QED) is 0.875. The zero-order chi connectivity index (χ0) is 12.1. The number of ether oxygens (including phenoxy) is 1. The molecule has 5 heteroatoms. The SMILES string of the molecule is Cc1cc(C(=O)NCCN2CCOCC2)cs1. The number of hydrogen-bond acceptors (Lipinski definition) is 4. The number of rotatable bonds is 4. The van der Waals surface area contributed by atoms with E-state index < -0.39 is 0 Å². The Bertz CT molecular complexity index is 372. The molecule has 1 aromatic rings. The molecule has 0 aliphatic carbocycles. The van der Waals surface area contributed by atoms with Gasteiger partial charge in [-0.1, -0.05) is 0 Å². The summed E-state index contributed by atoms with van der Waals surface area (Å²) in [5, 5.41) is 4.85. The second-order valence-corrected chi connectivity index (χ2v) is 5.27. The van der Waals surface area contributed by atoms with E-state index in [0.29, 0.717) is 6.54 Å². The first-order chi connectivity index (χ1) is 8.25. The standard InChI is InChI=1S/C12H18N2O2S/c1-10-8-11(9-17-10)12(15)13-2-3-14-4-6-16-7-5-14/h8-9H,2-7H2,1H3,(H,13,15). The van der Waals surface area contributed by atoms with Crippen LogP contribution in [-0.4, -0.2) is 50.2 Å². The van der Waals surface area contributed by atoms with Crippen LogP contribution in [0.3, 0.4) is 0 Å². The van der Waals surface area contributed by atoms with Gasteiger partial charge in [-0.3, -0.25) is 9.69 Å². The summed E-state index contributed by atoms with van der Waals surface area (Å²) < 4.78 is 5.27. The molecule has 1 aliphatic rings. The number of aryl methyl sites for hydroxylation is 1. The first kappa shape index (κ1) is 12.5. The number of carbonyl (C=O) groups excluding carboxylic acids is 1. The minimum Gasteiger partial charge on any atom is -0.379 e. The van der Waals surface area contributed by atoms with Crippen molar-refractivity contribution in [2.24, 2.45) is 0 Å². The van der Waals surface area contributed by atoms with Gasteiger partial charge in [-0.2, -0.15) is 0 Å². The largest absolute Gasteiger partial charge is 0.379 e. The number of nitrogens with zero attached hydrogens (tertiary/aromatic N) is 1. The van der Waals surface area contributed by atoms with Crippen LogP contribution < -0.4 is 5.32 Å². The second-order valence-electron chi connectivity index (χ2n) is 4.16. The molecule has 1 amide bonds. The van der Waals surface area contributed by atoms with Crippen molar-refractivity contribution in [2.75, 3.05) is 39.4 Å². The van der Waals surface area contributed by atoms with Gasteiger partial charge in [0, 0.05) is 36.4 Å². The van der Waals surface area contributed by atoms with Gasteiger partial charge < -0.3 is 10.1 Å². The Kier molecular flexibility index (Phi) is 4.53. The highest BCUT2D eigenvalue weighted by atomic mass is 32.1. The van der Waals surface area contributed by atoms with Crippen LogP contribution in [0.15, 0.2) is 11.4 Å². The van der Waals surface area contributed by atoms with Crippen LogP contribution >= 0.6 is 11.3 Å². The van der Waals surface area contributed by atoms with Gasteiger partial charge in [-0.15, -0.1) is 11.3 Å². The summed E-state index contributed by atoms with van der Waals surface area (Å²) in [6.45, 7) is 7.15. The van der Waals surface area contributed by atoms with Gasteiger partial charge in [-0.05, 0) is 13.0 Å². The van der Waals surface area contributed by atoms with Gasteiger partial charge in [0.05, 0.1) is 18.8 Å². The molecule has 1 aliphatic heterocycles. The highest BCUT2D eigenvalue weighted by molar-refractivity contribution is 7.10. The van der Waals surface area contributed by atoms with Crippen molar-refractivity contribution in [1.29, 1.82) is 0 Å². The number of nitrogens with one attached hydrogen (secondary N) is 1. The molecule has 0 unspecified atom stereocenters. The summed E-state index contributed by atoms with van der Waals surface area (Å²) in [7, 11) is 0. The maximum Gasteiger partial charge on any atom is 0.252 e. The molecule has 0 saturated carbocycles. The van der Waals surface area contributed by atoms with Gasteiger partial charge in [0.25, 0.3) is 5.91 Å². The van der Waals surface area contributed by atoms with E-state index in [9.17, 15) is 4.79 Å². The number of hydrogen-bond donors (Lipinski definition) is 1. The van der Waals surface area contributed by atoms with Crippen LogP contribution in [0, 0.1) is 6.92 Å². The first-order valence-electron chi connectivity index (χ1n) is 5.89. The molecular weight excluding hydrogens is 236 g/mol. The lowest BCUT2D eigenvalue weighted by Crippen LogP contribution is -2.41. The molecule has 1 N–H and O–H groups in total. The molecule has 0 spiro atoms. The Morgan fingerprint density at radius 2 is 2.29 bits per heavy atom. The maximum atomic E-state index is 11.8. The van der Waals surface area contributed by atoms with E-state index in [2.05, 4.69) is 10.2 Å². The van der Waals surface area contributed by atoms with Crippen molar-refractivity contribution in [3.05, 3.63) is 21.9 Å². The normalized spacial score (nSPS) is 17.0. The molecule has 4 nitrogen and oxygen atoms in total. The summed E-state index contributed by atoms with van der Waals surface area (Å²) in [6.07, 6.45) is 0. The molecule has 1 aromatic heterocycles. The number of thiophene rings is 1. The highest BCUT2D eigenvalue weighted by Crippen LogP contribution is 2.12. The van der Waals surface area contributed by atoms with Crippen LogP contribution in [0.2, 0.25) is 0 Å². The molecule has 1 saturated heterocycles. The highest BCUT2D eigenvalue weighted by Gasteiger charge is 2.11. The molecule has 2 heterocycles. The fraction of sp³-hybridized carbons (Fsp3) is 0.583. The van der Waals surface area contributed by atoms with Gasteiger partial charge in [0.2, 0.25) is 0 Å². The van der Waals surface area contributed by atoms with Gasteiger partial charge in [-0.25, -0.2) is 0 Å². The lowest BCUT2D eigenvalue weighted by molar-refractivity contribution is 0.0383. The predicted octanol–water partition coefficient (Wildman–Crippen LogP) is 1.12. The van der Waals surface area contributed by atoms with Gasteiger partial charge >= 0.3 is 0 Å². The zero-order valence-electron chi connectivity index (χ0n) is 10.1. The van der Waals surface area contributed by atoms with Crippen LogP contribution in [0.1, 0.15) is 15.2 Å². The third-order valence-electron chi connectivity index (χ3n) is 2.81. The van der Waals surface area contributed by atoms with Gasteiger partial charge in [0.15, 0.2) is 0 Å².